The maximum atomic E-state index is 12.9. The summed E-state index contributed by atoms with van der Waals surface area (Å²) >= 11 is 6.09. The first-order chi connectivity index (χ1) is 12.0. The van der Waals surface area contributed by atoms with Crippen LogP contribution in [0.15, 0.2) is 52.9 Å². The van der Waals surface area contributed by atoms with Gasteiger partial charge < -0.3 is 9.52 Å². The molecule has 0 aliphatic rings. The summed E-state index contributed by atoms with van der Waals surface area (Å²) in [6.07, 6.45) is 0.675. The molecule has 1 N–H and O–H groups in total. The van der Waals surface area contributed by atoms with Gasteiger partial charge in [0.1, 0.15) is 5.58 Å². The van der Waals surface area contributed by atoms with E-state index < -0.39 is 11.9 Å². The Morgan fingerprint density at radius 1 is 1.16 bits per heavy atom. The molecule has 0 fully saturated rings. The van der Waals surface area contributed by atoms with Gasteiger partial charge in [0.2, 0.25) is 5.78 Å². The first-order valence-electron chi connectivity index (χ1n) is 8.04. The molecule has 0 radical (unpaired) electrons. The van der Waals surface area contributed by atoms with Gasteiger partial charge in [-0.3, -0.25) is 9.59 Å². The number of carbonyl (C=O) groups is 2. The molecule has 4 nitrogen and oxygen atoms in total. The van der Waals surface area contributed by atoms with Crippen LogP contribution in [0.1, 0.15) is 35.0 Å². The number of carboxylic acid groups (broad SMARTS) is 1. The molecule has 25 heavy (non-hydrogen) atoms. The standard InChI is InChI=1S/C20H17ClO4/c1-2-12(20(23)24)10-16-15-11-14(21)8-9-17(15)25-19(16)18(22)13-6-4-3-5-7-13/h3-9,11-12H,2,10H2,1H3,(H,23,24). The van der Waals surface area contributed by atoms with Gasteiger partial charge >= 0.3 is 5.97 Å². The lowest BCUT2D eigenvalue weighted by atomic mass is 9.93. The summed E-state index contributed by atoms with van der Waals surface area (Å²) in [5, 5.41) is 10.6. The lowest BCUT2D eigenvalue weighted by Gasteiger charge is -2.10. The minimum absolute atomic E-state index is 0.183. The summed E-state index contributed by atoms with van der Waals surface area (Å²) in [5.74, 6) is -1.56. The molecule has 3 aromatic rings. The molecular formula is C20H17ClO4. The molecule has 0 spiro atoms. The van der Waals surface area contributed by atoms with Gasteiger partial charge in [-0.25, -0.2) is 0 Å². The molecule has 1 aromatic heterocycles. The summed E-state index contributed by atoms with van der Waals surface area (Å²) in [5.41, 5.74) is 1.62. The zero-order valence-electron chi connectivity index (χ0n) is 13.7. The average Bonchev–Trinajstić information content (AvgIpc) is 2.97. The fraction of sp³-hybridized carbons (Fsp3) is 0.200. The molecule has 1 heterocycles. The van der Waals surface area contributed by atoms with Crippen LogP contribution in [0.3, 0.4) is 0 Å². The van der Waals surface area contributed by atoms with Crippen molar-refractivity contribution < 1.29 is 19.1 Å². The van der Waals surface area contributed by atoms with Gasteiger partial charge in [-0.05, 0) is 31.0 Å². The van der Waals surface area contributed by atoms with Crippen LogP contribution >= 0.6 is 11.6 Å². The monoisotopic (exact) mass is 356 g/mol. The van der Waals surface area contributed by atoms with Crippen molar-refractivity contribution in [1.29, 1.82) is 0 Å². The Morgan fingerprint density at radius 2 is 1.88 bits per heavy atom. The highest BCUT2D eigenvalue weighted by Gasteiger charge is 2.26. The molecule has 0 saturated heterocycles. The van der Waals surface area contributed by atoms with E-state index in [1.165, 1.54) is 0 Å². The van der Waals surface area contributed by atoms with Crippen molar-refractivity contribution in [3.05, 3.63) is 70.4 Å². The van der Waals surface area contributed by atoms with Crippen LogP contribution in [-0.4, -0.2) is 16.9 Å². The second kappa shape index (κ2) is 7.11. The smallest absolute Gasteiger partial charge is 0.306 e. The van der Waals surface area contributed by atoms with Crippen molar-refractivity contribution in [2.75, 3.05) is 0 Å². The molecule has 0 amide bonds. The van der Waals surface area contributed by atoms with Gasteiger partial charge in [0.05, 0.1) is 5.92 Å². The number of ketones is 1. The van der Waals surface area contributed by atoms with E-state index in [1.807, 2.05) is 13.0 Å². The molecule has 0 saturated carbocycles. The van der Waals surface area contributed by atoms with Crippen LogP contribution in [0.25, 0.3) is 11.0 Å². The minimum Gasteiger partial charge on any atom is -0.481 e. The van der Waals surface area contributed by atoms with Crippen LogP contribution in [0, 0.1) is 5.92 Å². The van der Waals surface area contributed by atoms with Crippen molar-refractivity contribution in [3.8, 4) is 0 Å². The van der Waals surface area contributed by atoms with Gasteiger partial charge in [-0.1, -0.05) is 48.9 Å². The number of aliphatic carboxylic acids is 1. The van der Waals surface area contributed by atoms with Crippen molar-refractivity contribution in [1.82, 2.24) is 0 Å². The molecular weight excluding hydrogens is 340 g/mol. The highest BCUT2D eigenvalue weighted by molar-refractivity contribution is 6.31. The number of fused-ring (bicyclic) bond motifs is 1. The molecule has 128 valence electrons. The Morgan fingerprint density at radius 3 is 2.52 bits per heavy atom. The Kier molecular flexibility index (Phi) is 4.91. The summed E-state index contributed by atoms with van der Waals surface area (Å²) < 4.78 is 5.79. The molecule has 1 unspecified atom stereocenters. The Balaban J connectivity index is 2.15. The molecule has 2 aromatic carbocycles. The topological polar surface area (TPSA) is 67.5 Å². The van der Waals surface area contributed by atoms with Gasteiger partial charge in [0.15, 0.2) is 5.76 Å². The highest BCUT2D eigenvalue weighted by atomic mass is 35.5. The van der Waals surface area contributed by atoms with Gasteiger partial charge in [-0.15, -0.1) is 0 Å². The van der Waals surface area contributed by atoms with Gasteiger partial charge in [0, 0.05) is 21.5 Å². The fourth-order valence-corrected chi connectivity index (χ4v) is 3.05. The number of hydrogen-bond donors (Lipinski definition) is 1. The third-order valence-corrected chi connectivity index (χ3v) is 4.52. The Hall–Kier alpha value is -2.59. The van der Waals surface area contributed by atoms with E-state index in [-0.39, 0.29) is 18.0 Å². The lowest BCUT2D eigenvalue weighted by molar-refractivity contribution is -0.141. The van der Waals surface area contributed by atoms with Crippen molar-refractivity contribution in [2.45, 2.75) is 19.8 Å². The van der Waals surface area contributed by atoms with Crippen LogP contribution < -0.4 is 0 Å². The molecule has 0 aliphatic carbocycles. The number of benzene rings is 2. The number of furan rings is 1. The predicted molar refractivity (Wildman–Crippen MR) is 96.2 cm³/mol. The predicted octanol–water partition coefficient (Wildman–Crippen LogP) is 4.97. The van der Waals surface area contributed by atoms with Crippen molar-refractivity contribution >= 4 is 34.3 Å². The van der Waals surface area contributed by atoms with E-state index in [0.717, 1.165) is 0 Å². The molecule has 3 rings (SSSR count). The molecule has 1 atom stereocenters. The summed E-state index contributed by atoms with van der Waals surface area (Å²) in [6.45, 7) is 1.81. The maximum Gasteiger partial charge on any atom is 0.306 e. The Bertz CT molecular complexity index is 928. The normalized spacial score (nSPS) is 12.2. The second-order valence-electron chi connectivity index (χ2n) is 5.89. The van der Waals surface area contributed by atoms with Gasteiger partial charge in [-0.2, -0.15) is 0 Å². The number of carbonyl (C=O) groups excluding carboxylic acids is 1. The third-order valence-electron chi connectivity index (χ3n) is 4.29. The van der Waals surface area contributed by atoms with E-state index in [0.29, 0.717) is 33.5 Å². The number of rotatable bonds is 6. The SMILES string of the molecule is CCC(Cc1c(C(=O)c2ccccc2)oc2ccc(Cl)cc12)C(=O)O. The zero-order chi connectivity index (χ0) is 18.0. The number of hydrogen-bond acceptors (Lipinski definition) is 3. The fourth-order valence-electron chi connectivity index (χ4n) is 2.88. The first-order valence-corrected chi connectivity index (χ1v) is 8.42. The van der Waals surface area contributed by atoms with Gasteiger partial charge in [0.25, 0.3) is 0 Å². The molecule has 0 aliphatic heterocycles. The summed E-state index contributed by atoms with van der Waals surface area (Å²) in [7, 11) is 0. The van der Waals surface area contributed by atoms with Crippen LogP contribution in [0.2, 0.25) is 5.02 Å². The minimum atomic E-state index is -0.892. The maximum absolute atomic E-state index is 12.9. The largest absolute Gasteiger partial charge is 0.481 e. The summed E-state index contributed by atoms with van der Waals surface area (Å²) in [6, 6.07) is 13.9. The van der Waals surface area contributed by atoms with Crippen molar-refractivity contribution in [3.63, 3.8) is 0 Å². The van der Waals surface area contributed by atoms with E-state index >= 15 is 0 Å². The number of carboxylic acids is 1. The second-order valence-corrected chi connectivity index (χ2v) is 6.33. The first kappa shape index (κ1) is 17.2. The quantitative estimate of drug-likeness (QED) is 0.633. The number of halogens is 1. The Labute approximate surface area is 150 Å². The van der Waals surface area contributed by atoms with E-state index in [4.69, 9.17) is 16.0 Å². The average molecular weight is 357 g/mol. The van der Waals surface area contributed by atoms with E-state index in [1.54, 1.807) is 42.5 Å². The third kappa shape index (κ3) is 3.44. The summed E-state index contributed by atoms with van der Waals surface area (Å²) in [4.78, 5) is 24.4. The zero-order valence-corrected chi connectivity index (χ0v) is 14.4. The van der Waals surface area contributed by atoms with Crippen molar-refractivity contribution in [2.24, 2.45) is 5.92 Å². The van der Waals surface area contributed by atoms with Crippen LogP contribution in [-0.2, 0) is 11.2 Å². The van der Waals surface area contributed by atoms with E-state index in [2.05, 4.69) is 0 Å². The van der Waals surface area contributed by atoms with Crippen LogP contribution in [0.5, 0.6) is 0 Å². The lowest BCUT2D eigenvalue weighted by Crippen LogP contribution is -2.16. The molecule has 0 bridgehead atoms. The van der Waals surface area contributed by atoms with E-state index in [9.17, 15) is 14.7 Å². The highest BCUT2D eigenvalue weighted by Crippen LogP contribution is 2.32. The molecule has 5 heteroatoms. The van der Waals surface area contributed by atoms with Crippen LogP contribution in [0.4, 0.5) is 0 Å².